The SMILES string of the molecule is CCCCCCCCCCCCCCCCCCCCCCCCCOCC(COP(=O)(O)OCCN)OC(=O)CCCCC. The normalized spacial score (nSPS) is 13.6. The van der Waals surface area contributed by atoms with Gasteiger partial charge in [-0.1, -0.05) is 168 Å². The second-order valence-electron chi connectivity index (χ2n) is 12.8. The van der Waals surface area contributed by atoms with Crippen LogP contribution in [0.1, 0.15) is 187 Å². The summed E-state index contributed by atoms with van der Waals surface area (Å²) in [7, 11) is -4.24. The van der Waals surface area contributed by atoms with Crippen molar-refractivity contribution in [3.8, 4) is 0 Å². The Morgan fingerprint density at radius 2 is 0.978 bits per heavy atom. The molecule has 9 heteroatoms. The third kappa shape index (κ3) is 34.6. The Balaban J connectivity index is 3.65. The standard InChI is InChI=1S/C36H74NO7P/c1-3-5-7-8-9-10-11-12-13-14-15-16-17-18-19-20-21-22-23-24-25-26-28-31-41-33-35(44-36(38)29-27-6-4-2)34-43-45(39,40)42-32-30-37/h35H,3-34,37H2,1-2H3,(H,39,40). The van der Waals surface area contributed by atoms with Crippen molar-refractivity contribution < 1.29 is 32.8 Å². The Bertz CT molecular complexity index is 667. The van der Waals surface area contributed by atoms with Gasteiger partial charge < -0.3 is 20.1 Å². The Morgan fingerprint density at radius 1 is 0.578 bits per heavy atom. The van der Waals surface area contributed by atoms with Crippen LogP contribution >= 0.6 is 7.82 Å². The van der Waals surface area contributed by atoms with Crippen LogP contribution in [0, 0.1) is 0 Å². The van der Waals surface area contributed by atoms with Crippen molar-refractivity contribution in [2.24, 2.45) is 5.73 Å². The summed E-state index contributed by atoms with van der Waals surface area (Å²) in [5.74, 6) is -0.351. The van der Waals surface area contributed by atoms with Crippen LogP contribution in [0.15, 0.2) is 0 Å². The highest BCUT2D eigenvalue weighted by molar-refractivity contribution is 7.47. The van der Waals surface area contributed by atoms with Crippen LogP contribution in [0.4, 0.5) is 0 Å². The molecule has 0 saturated carbocycles. The van der Waals surface area contributed by atoms with Crippen molar-refractivity contribution in [3.63, 3.8) is 0 Å². The summed E-state index contributed by atoms with van der Waals surface area (Å²) in [5.41, 5.74) is 5.31. The molecule has 8 nitrogen and oxygen atoms in total. The number of carbonyl (C=O) groups is 1. The van der Waals surface area contributed by atoms with E-state index >= 15 is 0 Å². The summed E-state index contributed by atoms with van der Waals surface area (Å²) < 4.78 is 32.9. The number of rotatable bonds is 37. The zero-order valence-corrected chi connectivity index (χ0v) is 30.5. The van der Waals surface area contributed by atoms with Crippen LogP contribution < -0.4 is 5.73 Å². The van der Waals surface area contributed by atoms with E-state index in [2.05, 4.69) is 13.8 Å². The highest BCUT2D eigenvalue weighted by atomic mass is 31.2. The Hall–Kier alpha value is -0.500. The first-order valence-electron chi connectivity index (χ1n) is 19.0. The fourth-order valence-corrected chi connectivity index (χ4v) is 6.23. The lowest BCUT2D eigenvalue weighted by molar-refractivity contribution is -0.154. The van der Waals surface area contributed by atoms with Gasteiger partial charge in [0, 0.05) is 19.6 Å². The molecule has 270 valence electrons. The van der Waals surface area contributed by atoms with Crippen molar-refractivity contribution >= 4 is 13.8 Å². The maximum absolute atomic E-state index is 12.2. The average Bonchev–Trinajstić information content (AvgIpc) is 3.02. The summed E-state index contributed by atoms with van der Waals surface area (Å²) in [4.78, 5) is 21.9. The van der Waals surface area contributed by atoms with Gasteiger partial charge in [0.05, 0.1) is 19.8 Å². The quantitative estimate of drug-likeness (QED) is 0.0383. The zero-order valence-electron chi connectivity index (χ0n) is 29.6. The predicted molar refractivity (Wildman–Crippen MR) is 187 cm³/mol. The first-order valence-corrected chi connectivity index (χ1v) is 20.5. The van der Waals surface area contributed by atoms with Gasteiger partial charge in [0.2, 0.25) is 0 Å². The largest absolute Gasteiger partial charge is 0.472 e. The Morgan fingerprint density at radius 3 is 1.40 bits per heavy atom. The van der Waals surface area contributed by atoms with Gasteiger partial charge in [-0.15, -0.1) is 0 Å². The second kappa shape index (κ2) is 34.8. The highest BCUT2D eigenvalue weighted by Gasteiger charge is 2.25. The van der Waals surface area contributed by atoms with E-state index in [1.807, 2.05) is 0 Å². The molecule has 0 aromatic rings. The Labute approximate surface area is 278 Å². The summed E-state index contributed by atoms with van der Waals surface area (Å²) in [6.07, 6.45) is 33.5. The van der Waals surface area contributed by atoms with Gasteiger partial charge in [0.1, 0.15) is 6.10 Å². The smallest absolute Gasteiger partial charge is 0.457 e. The lowest BCUT2D eigenvalue weighted by atomic mass is 10.0. The topological polar surface area (TPSA) is 117 Å². The molecule has 0 aromatic carbocycles. The van der Waals surface area contributed by atoms with Crippen LogP contribution in [-0.4, -0.2) is 49.9 Å². The molecule has 0 aliphatic heterocycles. The molecule has 0 heterocycles. The molecule has 3 N–H and O–H groups in total. The third-order valence-corrected chi connectivity index (χ3v) is 9.26. The molecule has 0 rings (SSSR count). The minimum atomic E-state index is -4.24. The monoisotopic (exact) mass is 664 g/mol. The van der Waals surface area contributed by atoms with Gasteiger partial charge in [0.25, 0.3) is 0 Å². The van der Waals surface area contributed by atoms with E-state index < -0.39 is 13.9 Å². The lowest BCUT2D eigenvalue weighted by Crippen LogP contribution is -2.28. The average molecular weight is 664 g/mol. The van der Waals surface area contributed by atoms with Crippen molar-refractivity contribution in [3.05, 3.63) is 0 Å². The van der Waals surface area contributed by atoms with Crippen LogP contribution in [-0.2, 0) is 27.9 Å². The molecule has 0 aromatic heterocycles. The highest BCUT2D eigenvalue weighted by Crippen LogP contribution is 2.43. The van der Waals surface area contributed by atoms with Crippen LogP contribution in [0.2, 0.25) is 0 Å². The zero-order chi connectivity index (χ0) is 33.1. The maximum Gasteiger partial charge on any atom is 0.472 e. The molecule has 45 heavy (non-hydrogen) atoms. The Kier molecular flexibility index (Phi) is 34.4. The summed E-state index contributed by atoms with van der Waals surface area (Å²) in [6, 6.07) is 0. The van der Waals surface area contributed by atoms with E-state index in [1.54, 1.807) is 0 Å². The van der Waals surface area contributed by atoms with Crippen molar-refractivity contribution in [1.82, 2.24) is 0 Å². The summed E-state index contributed by atoms with van der Waals surface area (Å²) >= 11 is 0. The lowest BCUT2D eigenvalue weighted by Gasteiger charge is -2.20. The number of unbranched alkanes of at least 4 members (excludes halogenated alkanes) is 24. The number of carbonyl (C=O) groups excluding carboxylic acids is 1. The van der Waals surface area contributed by atoms with Gasteiger partial charge >= 0.3 is 13.8 Å². The minimum Gasteiger partial charge on any atom is -0.457 e. The number of phosphoric acid groups is 1. The third-order valence-electron chi connectivity index (χ3n) is 8.27. The maximum atomic E-state index is 12.2. The molecule has 2 unspecified atom stereocenters. The van der Waals surface area contributed by atoms with Crippen molar-refractivity contribution in [1.29, 1.82) is 0 Å². The molecule has 0 bridgehead atoms. The van der Waals surface area contributed by atoms with Crippen LogP contribution in [0.25, 0.3) is 0 Å². The fourth-order valence-electron chi connectivity index (χ4n) is 5.47. The van der Waals surface area contributed by atoms with Crippen molar-refractivity contribution in [2.75, 3.05) is 33.0 Å². The van der Waals surface area contributed by atoms with E-state index in [4.69, 9.17) is 24.3 Å². The van der Waals surface area contributed by atoms with Gasteiger partial charge in [-0.2, -0.15) is 0 Å². The molecule has 0 radical (unpaired) electrons. The minimum absolute atomic E-state index is 0.0920. The number of ether oxygens (including phenoxy) is 2. The van der Waals surface area contributed by atoms with E-state index in [1.165, 1.54) is 135 Å². The molecule has 2 atom stereocenters. The molecule has 0 spiro atoms. The molecule has 0 fully saturated rings. The molecule has 0 aliphatic carbocycles. The molecule has 0 saturated heterocycles. The number of hydrogen-bond acceptors (Lipinski definition) is 7. The number of nitrogens with two attached hydrogens (primary N) is 1. The summed E-state index contributed by atoms with van der Waals surface area (Å²) in [6.45, 7) is 4.78. The first kappa shape index (κ1) is 44.5. The second-order valence-corrected chi connectivity index (χ2v) is 14.3. The predicted octanol–water partition coefficient (Wildman–Crippen LogP) is 10.6. The molecular weight excluding hydrogens is 589 g/mol. The van der Waals surface area contributed by atoms with E-state index in [0.29, 0.717) is 13.0 Å². The first-order chi connectivity index (χ1) is 21.9. The van der Waals surface area contributed by atoms with Gasteiger partial charge in [-0.3, -0.25) is 13.8 Å². The van der Waals surface area contributed by atoms with Gasteiger partial charge in [-0.05, 0) is 12.8 Å². The van der Waals surface area contributed by atoms with E-state index in [9.17, 15) is 14.3 Å². The van der Waals surface area contributed by atoms with Crippen LogP contribution in [0.3, 0.4) is 0 Å². The van der Waals surface area contributed by atoms with Crippen LogP contribution in [0.5, 0.6) is 0 Å². The van der Waals surface area contributed by atoms with Gasteiger partial charge in [0.15, 0.2) is 0 Å². The number of hydrogen-bond donors (Lipinski definition) is 2. The molecular formula is C36H74NO7P. The fraction of sp³-hybridized carbons (Fsp3) is 0.972. The van der Waals surface area contributed by atoms with Gasteiger partial charge in [-0.25, -0.2) is 4.57 Å². The van der Waals surface area contributed by atoms with Crippen molar-refractivity contribution in [2.45, 2.75) is 193 Å². The molecule has 0 amide bonds. The van der Waals surface area contributed by atoms with E-state index in [-0.39, 0.29) is 32.3 Å². The number of esters is 1. The number of phosphoric ester groups is 1. The van der Waals surface area contributed by atoms with E-state index in [0.717, 1.165) is 32.1 Å². The summed E-state index contributed by atoms with van der Waals surface area (Å²) in [5, 5.41) is 0. The molecule has 0 aliphatic rings.